The minimum Gasteiger partial charge on any atom is -0.487 e. The van der Waals surface area contributed by atoms with Gasteiger partial charge in [0.25, 0.3) is 0 Å². The largest absolute Gasteiger partial charge is 0.487 e. The van der Waals surface area contributed by atoms with Gasteiger partial charge in [-0.15, -0.1) is 0 Å². The van der Waals surface area contributed by atoms with E-state index >= 15 is 0 Å². The Balaban J connectivity index is 2.37. The lowest BCUT2D eigenvalue weighted by Crippen LogP contribution is -2.34. The van der Waals surface area contributed by atoms with Crippen LogP contribution in [-0.4, -0.2) is 29.6 Å². The van der Waals surface area contributed by atoms with Crippen molar-refractivity contribution in [3.05, 3.63) is 48.7 Å². The average molecular weight is 280 g/mol. The van der Waals surface area contributed by atoms with Crippen molar-refractivity contribution in [3.63, 3.8) is 0 Å². The summed E-state index contributed by atoms with van der Waals surface area (Å²) >= 11 is 0. The van der Waals surface area contributed by atoms with Crippen molar-refractivity contribution in [2.75, 3.05) is 0 Å². The fraction of sp³-hybridized carbons (Fsp3) is 0.400. The molecular formula is C15H20O5. The molecule has 1 aromatic carbocycles. The number of ether oxygens (including phenoxy) is 3. The van der Waals surface area contributed by atoms with Crippen LogP contribution in [0, 0.1) is 0 Å². The van der Waals surface area contributed by atoms with Crippen molar-refractivity contribution in [1.29, 1.82) is 0 Å². The number of rotatable bonds is 8. The zero-order valence-electron chi connectivity index (χ0n) is 11.7. The highest BCUT2D eigenvalue weighted by Gasteiger charge is 2.23. The first-order valence-electron chi connectivity index (χ1n) is 6.35. The first-order valence-corrected chi connectivity index (χ1v) is 6.35. The number of carbonyl (C=O) groups is 1. The third-order valence-corrected chi connectivity index (χ3v) is 2.60. The zero-order valence-corrected chi connectivity index (χ0v) is 11.7. The molecule has 1 N–H and O–H groups in total. The highest BCUT2D eigenvalue weighted by molar-refractivity contribution is 5.74. The maximum absolute atomic E-state index is 11.6. The van der Waals surface area contributed by atoms with E-state index in [9.17, 15) is 9.90 Å². The Labute approximate surface area is 118 Å². The van der Waals surface area contributed by atoms with Crippen LogP contribution in [0.1, 0.15) is 19.4 Å². The third kappa shape index (κ3) is 5.42. The lowest BCUT2D eigenvalue weighted by Gasteiger charge is -2.21. The minimum absolute atomic E-state index is 0.239. The summed E-state index contributed by atoms with van der Waals surface area (Å²) in [4.78, 5) is 11.6. The highest BCUT2D eigenvalue weighted by Crippen LogP contribution is 2.08. The fourth-order valence-electron chi connectivity index (χ4n) is 1.43. The van der Waals surface area contributed by atoms with Crippen LogP contribution < -0.4 is 0 Å². The molecule has 0 spiro atoms. The van der Waals surface area contributed by atoms with Crippen molar-refractivity contribution in [2.45, 2.75) is 39.0 Å². The van der Waals surface area contributed by atoms with Gasteiger partial charge >= 0.3 is 5.97 Å². The minimum atomic E-state index is -1.20. The van der Waals surface area contributed by atoms with E-state index in [1.807, 2.05) is 30.3 Å². The summed E-state index contributed by atoms with van der Waals surface area (Å²) in [6.07, 6.45) is -1.59. The monoisotopic (exact) mass is 280 g/mol. The Bertz CT molecular complexity index is 418. The summed E-state index contributed by atoms with van der Waals surface area (Å²) in [5, 5.41) is 9.78. The molecule has 3 unspecified atom stereocenters. The first-order chi connectivity index (χ1) is 9.54. The number of hydrogen-bond acceptors (Lipinski definition) is 5. The van der Waals surface area contributed by atoms with Crippen LogP contribution in [0.25, 0.3) is 0 Å². The second-order valence-electron chi connectivity index (χ2n) is 4.27. The molecule has 0 aliphatic rings. The summed E-state index contributed by atoms with van der Waals surface area (Å²) in [5.74, 6) is -0.584. The van der Waals surface area contributed by atoms with E-state index in [0.29, 0.717) is 0 Å². The summed E-state index contributed by atoms with van der Waals surface area (Å²) in [6, 6.07) is 9.41. The Morgan fingerprint density at radius 2 is 2.00 bits per heavy atom. The molecule has 0 saturated carbocycles. The highest BCUT2D eigenvalue weighted by atomic mass is 16.6. The molecule has 0 aromatic heterocycles. The predicted octanol–water partition coefficient (Wildman–Crippen LogP) is 2.00. The molecule has 0 aliphatic carbocycles. The molecule has 5 heteroatoms. The third-order valence-electron chi connectivity index (χ3n) is 2.60. The van der Waals surface area contributed by atoms with Gasteiger partial charge in [-0.2, -0.15) is 0 Å². The average Bonchev–Trinajstić information content (AvgIpc) is 2.45. The summed E-state index contributed by atoms with van der Waals surface area (Å²) in [7, 11) is 0. The van der Waals surface area contributed by atoms with Crippen molar-refractivity contribution >= 4 is 5.97 Å². The molecule has 0 radical (unpaired) electrons. The van der Waals surface area contributed by atoms with Gasteiger partial charge in [0.15, 0.2) is 12.4 Å². The van der Waals surface area contributed by atoms with Crippen LogP contribution in [0.5, 0.6) is 0 Å². The van der Waals surface area contributed by atoms with E-state index in [1.165, 1.54) is 13.2 Å². The van der Waals surface area contributed by atoms with Crippen LogP contribution in [0.4, 0.5) is 0 Å². The molecule has 0 aliphatic heterocycles. The van der Waals surface area contributed by atoms with E-state index in [1.54, 1.807) is 6.92 Å². The molecule has 0 amide bonds. The number of aliphatic hydroxyl groups is 1. The number of benzene rings is 1. The summed E-state index contributed by atoms with van der Waals surface area (Å²) in [5.41, 5.74) is 0.924. The summed E-state index contributed by atoms with van der Waals surface area (Å²) < 4.78 is 15.2. The van der Waals surface area contributed by atoms with E-state index in [2.05, 4.69) is 6.58 Å². The SMILES string of the molecule is C=COC(C)C(=O)OC(C)C(O)OCc1ccccc1. The van der Waals surface area contributed by atoms with Gasteiger partial charge in [0.1, 0.15) is 6.10 Å². The lowest BCUT2D eigenvalue weighted by atomic mass is 10.2. The van der Waals surface area contributed by atoms with Crippen molar-refractivity contribution in [1.82, 2.24) is 0 Å². The van der Waals surface area contributed by atoms with Gasteiger partial charge in [-0.25, -0.2) is 4.79 Å². The molecule has 0 fully saturated rings. The Morgan fingerprint density at radius 3 is 2.60 bits per heavy atom. The number of esters is 1. The molecule has 110 valence electrons. The van der Waals surface area contributed by atoms with Crippen LogP contribution in [-0.2, 0) is 25.6 Å². The molecule has 0 heterocycles. The number of aliphatic hydroxyl groups excluding tert-OH is 1. The van der Waals surface area contributed by atoms with Crippen LogP contribution in [0.2, 0.25) is 0 Å². The van der Waals surface area contributed by atoms with Gasteiger partial charge in [0.05, 0.1) is 12.9 Å². The normalized spacial score (nSPS) is 14.9. The maximum atomic E-state index is 11.6. The van der Waals surface area contributed by atoms with Crippen LogP contribution in [0.3, 0.4) is 0 Å². The van der Waals surface area contributed by atoms with E-state index < -0.39 is 24.5 Å². The van der Waals surface area contributed by atoms with Gasteiger partial charge in [-0.1, -0.05) is 36.9 Å². The van der Waals surface area contributed by atoms with E-state index in [4.69, 9.17) is 14.2 Å². The molecular weight excluding hydrogens is 260 g/mol. The molecule has 0 saturated heterocycles. The van der Waals surface area contributed by atoms with E-state index in [0.717, 1.165) is 5.56 Å². The standard InChI is InChI=1S/C15H20O5/c1-4-18-11(2)15(17)20-12(3)14(16)19-10-13-8-6-5-7-9-13/h4-9,11-12,14,16H,1,10H2,2-3H3. The topological polar surface area (TPSA) is 65.0 Å². The Hall–Kier alpha value is -1.85. The lowest BCUT2D eigenvalue weighted by molar-refractivity contribution is -0.195. The van der Waals surface area contributed by atoms with Gasteiger partial charge in [0.2, 0.25) is 0 Å². The maximum Gasteiger partial charge on any atom is 0.347 e. The Morgan fingerprint density at radius 1 is 1.35 bits per heavy atom. The van der Waals surface area contributed by atoms with Gasteiger partial charge in [-0.3, -0.25) is 0 Å². The van der Waals surface area contributed by atoms with Gasteiger partial charge in [-0.05, 0) is 19.4 Å². The van der Waals surface area contributed by atoms with Crippen LogP contribution in [0.15, 0.2) is 43.2 Å². The summed E-state index contributed by atoms with van der Waals surface area (Å²) in [6.45, 7) is 6.68. The Kier molecular flexibility index (Phi) is 6.76. The zero-order chi connectivity index (χ0) is 15.0. The molecule has 1 rings (SSSR count). The smallest absolute Gasteiger partial charge is 0.347 e. The van der Waals surface area contributed by atoms with Crippen molar-refractivity contribution < 1.29 is 24.1 Å². The molecule has 1 aromatic rings. The number of carbonyl (C=O) groups excluding carboxylic acids is 1. The second-order valence-corrected chi connectivity index (χ2v) is 4.27. The predicted molar refractivity (Wildman–Crippen MR) is 73.5 cm³/mol. The number of hydrogen-bond donors (Lipinski definition) is 1. The van der Waals surface area contributed by atoms with Crippen molar-refractivity contribution in [3.8, 4) is 0 Å². The quantitative estimate of drug-likeness (QED) is 0.448. The van der Waals surface area contributed by atoms with Gasteiger partial charge < -0.3 is 19.3 Å². The van der Waals surface area contributed by atoms with Crippen LogP contribution >= 0.6 is 0 Å². The van der Waals surface area contributed by atoms with Gasteiger partial charge in [0, 0.05) is 0 Å². The second kappa shape index (κ2) is 8.35. The molecule has 5 nitrogen and oxygen atoms in total. The fourth-order valence-corrected chi connectivity index (χ4v) is 1.43. The first kappa shape index (κ1) is 16.2. The molecule has 20 heavy (non-hydrogen) atoms. The van der Waals surface area contributed by atoms with E-state index in [-0.39, 0.29) is 6.61 Å². The van der Waals surface area contributed by atoms with Crippen molar-refractivity contribution in [2.24, 2.45) is 0 Å². The molecule has 3 atom stereocenters. The molecule has 0 bridgehead atoms.